The van der Waals surface area contributed by atoms with Crippen molar-refractivity contribution in [1.82, 2.24) is 9.80 Å². The molecular formula is C31H40ClN2O7+. The number of ketones is 1. The third kappa shape index (κ3) is 5.03. The van der Waals surface area contributed by atoms with Crippen molar-refractivity contribution in [2.75, 3.05) is 40.5 Å². The second-order valence-corrected chi connectivity index (χ2v) is 12.6. The second-order valence-electron chi connectivity index (χ2n) is 12.2. The predicted octanol–water partition coefficient (Wildman–Crippen LogP) is 4.69. The lowest BCUT2D eigenvalue weighted by Crippen LogP contribution is -2.80. The number of aliphatic carboxylic acids is 1. The zero-order valence-electron chi connectivity index (χ0n) is 24.8. The van der Waals surface area contributed by atoms with Crippen molar-refractivity contribution in [2.45, 2.75) is 52.7 Å². The van der Waals surface area contributed by atoms with Gasteiger partial charge in [0.15, 0.2) is 6.61 Å². The fourth-order valence-electron chi connectivity index (χ4n) is 6.91. The largest absolute Gasteiger partial charge is 0.496 e. The van der Waals surface area contributed by atoms with Crippen molar-refractivity contribution in [1.29, 1.82) is 0 Å². The molecule has 0 spiro atoms. The van der Waals surface area contributed by atoms with E-state index in [2.05, 4.69) is 5.32 Å². The maximum Gasteiger partial charge on any atom is 0.367 e. The van der Waals surface area contributed by atoms with E-state index in [0.717, 1.165) is 5.56 Å². The topological polar surface area (TPSA) is 111 Å². The summed E-state index contributed by atoms with van der Waals surface area (Å²) in [6.45, 7) is 9.41. The Balaban J connectivity index is 2.14. The average molecular weight is 588 g/mol. The Labute approximate surface area is 246 Å². The first-order valence-electron chi connectivity index (χ1n) is 13.7. The van der Waals surface area contributed by atoms with E-state index in [1.807, 2.05) is 39.8 Å². The monoisotopic (exact) mass is 587 g/mol. The number of carbonyl (C=O) groups excluding carboxylic acids is 2. The Morgan fingerprint density at radius 3 is 2.46 bits per heavy atom. The minimum Gasteiger partial charge on any atom is -0.496 e. The molecule has 222 valence electrons. The van der Waals surface area contributed by atoms with Gasteiger partial charge in [0.2, 0.25) is 5.54 Å². The summed E-state index contributed by atoms with van der Waals surface area (Å²) >= 11 is 6.58. The number of carboxylic acid groups (broad SMARTS) is 1. The molecule has 0 aromatic heterocycles. The maximum atomic E-state index is 14.7. The molecule has 41 heavy (non-hydrogen) atoms. The number of Topliss-reactive ketones (excluding diaryl/α,β-unsaturated/α-hetero) is 1. The molecule has 1 saturated heterocycles. The molecule has 1 fully saturated rings. The molecule has 0 radical (unpaired) electrons. The van der Waals surface area contributed by atoms with Gasteiger partial charge in [0.05, 0.1) is 26.7 Å². The molecule has 1 unspecified atom stereocenters. The van der Waals surface area contributed by atoms with Gasteiger partial charge in [0.25, 0.3) is 0 Å². The molecule has 0 aliphatic carbocycles. The van der Waals surface area contributed by atoms with Gasteiger partial charge in [0.1, 0.15) is 29.1 Å². The molecule has 10 heteroatoms. The Bertz CT molecular complexity index is 1370. The van der Waals surface area contributed by atoms with Gasteiger partial charge in [0, 0.05) is 52.7 Å². The average Bonchev–Trinajstić information content (AvgIpc) is 3.02. The van der Waals surface area contributed by atoms with Crippen molar-refractivity contribution in [2.24, 2.45) is 11.3 Å². The smallest absolute Gasteiger partial charge is 0.367 e. The van der Waals surface area contributed by atoms with E-state index in [9.17, 15) is 19.5 Å². The molecule has 2 N–H and O–H groups in total. The minimum atomic E-state index is -1.78. The molecule has 4 atom stereocenters. The van der Waals surface area contributed by atoms with E-state index < -0.39 is 39.3 Å². The van der Waals surface area contributed by atoms with Crippen LogP contribution in [0, 0.1) is 18.3 Å². The number of nitrogens with one attached hydrogen (secondary N) is 1. The van der Waals surface area contributed by atoms with Gasteiger partial charge < -0.3 is 24.6 Å². The quantitative estimate of drug-likeness (QED) is 0.449. The third-order valence-corrected chi connectivity index (χ3v) is 8.67. The lowest BCUT2D eigenvalue weighted by molar-refractivity contribution is -0.170. The van der Waals surface area contributed by atoms with E-state index in [0.29, 0.717) is 39.9 Å². The summed E-state index contributed by atoms with van der Waals surface area (Å²) < 4.78 is 17.1. The number of carboxylic acids is 1. The van der Waals surface area contributed by atoms with Crippen molar-refractivity contribution in [3.63, 3.8) is 0 Å². The first-order chi connectivity index (χ1) is 19.2. The number of quaternary nitrogens is 1. The number of hydrogen-bond donors (Lipinski definition) is 2. The van der Waals surface area contributed by atoms with E-state index in [1.54, 1.807) is 32.4 Å². The Kier molecular flexibility index (Phi) is 8.58. The number of carbonyl (C=O) groups is 3. The minimum absolute atomic E-state index is 0.0755. The second kappa shape index (κ2) is 11.4. The summed E-state index contributed by atoms with van der Waals surface area (Å²) in [5, 5.41) is 14.7. The SMILES string of the molecule is COc1ccc(C2OCC(=O)[N@@+](CC(C)(C)C)([C@@]3(C(=O)O)CCNC[C@@H]3C(C)=O)c3ccc(Cl)cc32)c(OC)c1C. The fraction of sp³-hybridized carbons (Fsp3) is 0.516. The molecule has 4 rings (SSSR count). The highest BCUT2D eigenvalue weighted by molar-refractivity contribution is 6.30. The number of amides is 1. The van der Waals surface area contributed by atoms with Gasteiger partial charge >= 0.3 is 11.9 Å². The number of halogens is 1. The van der Waals surface area contributed by atoms with Crippen LogP contribution in [0.15, 0.2) is 30.3 Å². The number of nitrogens with zero attached hydrogens (tertiary/aromatic N) is 1. The van der Waals surface area contributed by atoms with Crippen LogP contribution in [-0.4, -0.2) is 68.8 Å². The van der Waals surface area contributed by atoms with Crippen LogP contribution in [0.4, 0.5) is 5.69 Å². The van der Waals surface area contributed by atoms with E-state index >= 15 is 0 Å². The molecule has 2 aromatic carbocycles. The predicted molar refractivity (Wildman–Crippen MR) is 157 cm³/mol. The zero-order chi connectivity index (χ0) is 30.3. The highest BCUT2D eigenvalue weighted by Gasteiger charge is 2.70. The van der Waals surface area contributed by atoms with Gasteiger partial charge in [-0.15, -0.1) is 0 Å². The van der Waals surface area contributed by atoms with Crippen LogP contribution in [0.5, 0.6) is 11.5 Å². The van der Waals surface area contributed by atoms with Crippen molar-refractivity contribution in [3.05, 3.63) is 52.0 Å². The number of benzene rings is 2. The molecule has 9 nitrogen and oxygen atoms in total. The molecular weight excluding hydrogens is 548 g/mol. The molecule has 0 bridgehead atoms. The zero-order valence-corrected chi connectivity index (χ0v) is 25.6. The molecule has 2 aromatic rings. The van der Waals surface area contributed by atoms with Gasteiger partial charge in [-0.2, -0.15) is 0 Å². The normalized spacial score (nSPS) is 26.6. The van der Waals surface area contributed by atoms with Crippen LogP contribution in [0.2, 0.25) is 5.02 Å². The lowest BCUT2D eigenvalue weighted by Gasteiger charge is -2.54. The van der Waals surface area contributed by atoms with Gasteiger partial charge in [-0.3, -0.25) is 4.79 Å². The summed E-state index contributed by atoms with van der Waals surface area (Å²) in [5.41, 5.74) is 0.121. The van der Waals surface area contributed by atoms with Gasteiger partial charge in [-0.25, -0.2) is 14.1 Å². The van der Waals surface area contributed by atoms with Crippen LogP contribution in [0.25, 0.3) is 0 Å². The first kappa shape index (κ1) is 31.0. The van der Waals surface area contributed by atoms with Crippen LogP contribution in [-0.2, 0) is 19.1 Å². The number of piperidine rings is 1. The molecule has 0 saturated carbocycles. The molecule has 2 aliphatic heterocycles. The summed E-state index contributed by atoms with van der Waals surface area (Å²) in [7, 11) is 3.13. The van der Waals surface area contributed by atoms with Gasteiger partial charge in [-0.05, 0) is 38.1 Å². The lowest BCUT2D eigenvalue weighted by atomic mass is 9.70. The number of fused-ring (bicyclic) bond motifs is 1. The molecule has 1 amide bonds. The Morgan fingerprint density at radius 2 is 1.88 bits per heavy atom. The molecule has 2 aliphatic rings. The number of ether oxygens (including phenoxy) is 3. The van der Waals surface area contributed by atoms with Crippen molar-refractivity contribution in [3.8, 4) is 11.5 Å². The van der Waals surface area contributed by atoms with Crippen LogP contribution < -0.4 is 19.3 Å². The molecule has 2 heterocycles. The first-order valence-corrected chi connectivity index (χ1v) is 14.1. The number of rotatable bonds is 7. The summed E-state index contributed by atoms with van der Waals surface area (Å²) in [5.74, 6) is -1.70. The van der Waals surface area contributed by atoms with Crippen molar-refractivity contribution >= 4 is 34.9 Å². The Morgan fingerprint density at radius 1 is 1.17 bits per heavy atom. The van der Waals surface area contributed by atoms with Crippen LogP contribution >= 0.6 is 11.6 Å². The number of hydrogen-bond acceptors (Lipinski definition) is 7. The highest BCUT2D eigenvalue weighted by atomic mass is 35.5. The third-order valence-electron chi connectivity index (χ3n) is 8.44. The standard InChI is InChI=1S/C31H39ClN2O7/c1-18-25(39-6)11-9-21(27(18)40-7)28-22-14-20(32)8-10-24(22)34(17-30(3,4)5,26(36)16-41-28)31(29(37)38)12-13-33-15-23(31)19(2)35/h8-11,14,23,28,33H,12-13,15-17H2,1-7H3/p+1/t23-,28?,31+,34+/m1/s1. The summed E-state index contributed by atoms with van der Waals surface area (Å²) in [6, 6.07) is 8.76. The van der Waals surface area contributed by atoms with E-state index in [4.69, 9.17) is 25.8 Å². The summed E-state index contributed by atoms with van der Waals surface area (Å²) in [6.07, 6.45) is -0.734. The fourth-order valence-corrected chi connectivity index (χ4v) is 7.09. The number of methoxy groups -OCH3 is 2. The van der Waals surface area contributed by atoms with Crippen LogP contribution in [0.3, 0.4) is 0 Å². The van der Waals surface area contributed by atoms with Crippen LogP contribution in [0.1, 0.15) is 56.9 Å². The van der Waals surface area contributed by atoms with Gasteiger partial charge in [-0.1, -0.05) is 32.4 Å². The Hall–Kier alpha value is -2.98. The maximum absolute atomic E-state index is 14.7. The highest BCUT2D eigenvalue weighted by Crippen LogP contribution is 2.52. The summed E-state index contributed by atoms with van der Waals surface area (Å²) in [4.78, 5) is 41.5. The van der Waals surface area contributed by atoms with Crippen molar-refractivity contribution < 1.29 is 33.7 Å². The van der Waals surface area contributed by atoms with E-state index in [-0.39, 0.29) is 31.9 Å². The van der Waals surface area contributed by atoms with E-state index in [1.165, 1.54) is 6.92 Å².